The average molecular weight is 242 g/mol. The Balaban J connectivity index is 2.26. The summed E-state index contributed by atoms with van der Waals surface area (Å²) in [6, 6.07) is 8.29. The van der Waals surface area contributed by atoms with E-state index >= 15 is 0 Å². The number of rotatable bonds is 4. The van der Waals surface area contributed by atoms with Crippen molar-refractivity contribution in [2.45, 2.75) is 33.6 Å². The van der Waals surface area contributed by atoms with E-state index in [1.54, 1.807) is 6.92 Å². The zero-order valence-electron chi connectivity index (χ0n) is 11.1. The number of Topliss-reactive ketones (excluding diaryl/α,β-unsaturated/α-hetero) is 1. The number of imidazole rings is 1. The van der Waals surface area contributed by atoms with E-state index in [2.05, 4.69) is 35.1 Å². The largest absolute Gasteiger partial charge is 0.346 e. The molecular formula is C15H18N2O. The third-order valence-electron chi connectivity index (χ3n) is 2.94. The number of hydrogen-bond acceptors (Lipinski definition) is 2. The first-order valence-electron chi connectivity index (χ1n) is 6.18. The molecule has 0 unspecified atom stereocenters. The second kappa shape index (κ2) is 5.17. The number of H-pyrrole nitrogens is 1. The first-order chi connectivity index (χ1) is 8.56. The van der Waals surface area contributed by atoms with Crippen molar-refractivity contribution >= 4 is 5.78 Å². The highest BCUT2D eigenvalue weighted by molar-refractivity contribution is 5.75. The van der Waals surface area contributed by atoms with Crippen LogP contribution in [0, 0.1) is 13.8 Å². The Morgan fingerprint density at radius 3 is 2.78 bits per heavy atom. The van der Waals surface area contributed by atoms with Crippen molar-refractivity contribution in [1.82, 2.24) is 9.97 Å². The van der Waals surface area contributed by atoms with E-state index in [0.29, 0.717) is 12.8 Å². The third-order valence-corrected chi connectivity index (χ3v) is 2.94. The predicted octanol–water partition coefficient (Wildman–Crippen LogP) is 3.22. The molecule has 0 spiro atoms. The molecule has 3 nitrogen and oxygen atoms in total. The fourth-order valence-electron chi connectivity index (χ4n) is 2.01. The summed E-state index contributed by atoms with van der Waals surface area (Å²) >= 11 is 0. The smallest absolute Gasteiger partial charge is 0.130 e. The van der Waals surface area contributed by atoms with Crippen LogP contribution in [0.3, 0.4) is 0 Å². The van der Waals surface area contributed by atoms with E-state index in [4.69, 9.17) is 0 Å². The molecular weight excluding hydrogens is 224 g/mol. The minimum absolute atomic E-state index is 0.196. The first kappa shape index (κ1) is 12.6. The van der Waals surface area contributed by atoms with Crippen LogP contribution < -0.4 is 0 Å². The molecule has 0 radical (unpaired) electrons. The third kappa shape index (κ3) is 2.86. The van der Waals surface area contributed by atoms with Crippen LogP contribution in [0.5, 0.6) is 0 Å². The lowest BCUT2D eigenvalue weighted by Crippen LogP contribution is -1.95. The molecule has 0 aliphatic rings. The summed E-state index contributed by atoms with van der Waals surface area (Å²) in [5.41, 5.74) is 4.38. The van der Waals surface area contributed by atoms with E-state index in [0.717, 1.165) is 22.8 Å². The number of carbonyl (C=O) groups excluding carboxylic acids is 1. The number of aryl methyl sites for hydroxylation is 3. The van der Waals surface area contributed by atoms with Crippen LogP contribution >= 0.6 is 0 Å². The number of aromatic amines is 1. The normalized spacial score (nSPS) is 10.6. The fourth-order valence-corrected chi connectivity index (χ4v) is 2.01. The zero-order valence-corrected chi connectivity index (χ0v) is 11.1. The molecule has 94 valence electrons. The number of hydrogen-bond donors (Lipinski definition) is 1. The van der Waals surface area contributed by atoms with E-state index in [9.17, 15) is 4.79 Å². The molecule has 0 atom stereocenters. The molecule has 0 saturated heterocycles. The maximum Gasteiger partial charge on any atom is 0.130 e. The van der Waals surface area contributed by atoms with Gasteiger partial charge < -0.3 is 9.78 Å². The van der Waals surface area contributed by atoms with Crippen LogP contribution in [0.2, 0.25) is 0 Å². The number of aromatic nitrogens is 2. The second-order valence-electron chi connectivity index (χ2n) is 4.73. The van der Waals surface area contributed by atoms with Gasteiger partial charge in [-0.2, -0.15) is 0 Å². The van der Waals surface area contributed by atoms with Crippen molar-refractivity contribution < 1.29 is 4.79 Å². The highest BCUT2D eigenvalue weighted by atomic mass is 16.1. The summed E-state index contributed by atoms with van der Waals surface area (Å²) in [5.74, 6) is 1.08. The van der Waals surface area contributed by atoms with Gasteiger partial charge in [0.25, 0.3) is 0 Å². The Labute approximate surface area is 107 Å². The van der Waals surface area contributed by atoms with Crippen molar-refractivity contribution in [1.29, 1.82) is 0 Å². The molecule has 2 aromatic rings. The molecule has 1 aromatic carbocycles. The molecule has 0 fully saturated rings. The molecule has 0 aliphatic carbocycles. The minimum atomic E-state index is 0.196. The maximum atomic E-state index is 11.0. The van der Waals surface area contributed by atoms with Crippen molar-refractivity contribution in [3.05, 3.63) is 41.3 Å². The Kier molecular flexibility index (Phi) is 3.60. The standard InChI is InChI=1S/C15H18N2O/c1-10-5-4-6-13(9-10)15-12(3)16-14(17-15)8-7-11(2)18/h4-6,9H,7-8H2,1-3H3,(H,16,17). The number of carbonyl (C=O) groups is 1. The number of nitrogens with one attached hydrogen (secondary N) is 1. The monoisotopic (exact) mass is 242 g/mol. The van der Waals surface area contributed by atoms with Crippen molar-refractivity contribution in [3.8, 4) is 11.3 Å². The number of benzene rings is 1. The van der Waals surface area contributed by atoms with Crippen molar-refractivity contribution in [2.24, 2.45) is 0 Å². The summed E-state index contributed by atoms with van der Waals surface area (Å²) in [5, 5.41) is 0. The van der Waals surface area contributed by atoms with Gasteiger partial charge in [0.1, 0.15) is 11.6 Å². The van der Waals surface area contributed by atoms with E-state index < -0.39 is 0 Å². The molecule has 3 heteroatoms. The Morgan fingerprint density at radius 2 is 2.11 bits per heavy atom. The van der Waals surface area contributed by atoms with Crippen LogP contribution in [0.15, 0.2) is 24.3 Å². The van der Waals surface area contributed by atoms with E-state index in [1.165, 1.54) is 5.56 Å². The first-order valence-corrected chi connectivity index (χ1v) is 6.18. The summed E-state index contributed by atoms with van der Waals surface area (Å²) < 4.78 is 0. The lowest BCUT2D eigenvalue weighted by atomic mass is 10.1. The topological polar surface area (TPSA) is 45.8 Å². The number of ketones is 1. The van der Waals surface area contributed by atoms with Crippen LogP contribution in [0.4, 0.5) is 0 Å². The lowest BCUT2D eigenvalue weighted by Gasteiger charge is -1.99. The quantitative estimate of drug-likeness (QED) is 0.894. The van der Waals surface area contributed by atoms with Crippen LogP contribution in [-0.4, -0.2) is 15.8 Å². The summed E-state index contributed by atoms with van der Waals surface area (Å²) in [7, 11) is 0. The van der Waals surface area contributed by atoms with Gasteiger partial charge in [0, 0.05) is 24.1 Å². The van der Waals surface area contributed by atoms with Crippen molar-refractivity contribution in [3.63, 3.8) is 0 Å². The van der Waals surface area contributed by atoms with Crippen LogP contribution in [-0.2, 0) is 11.2 Å². The SMILES string of the molecule is CC(=O)CCc1nc(-c2cccc(C)c2)c(C)[nH]1. The Bertz CT molecular complexity index is 570. The molecule has 1 aromatic heterocycles. The Hall–Kier alpha value is -1.90. The van der Waals surface area contributed by atoms with Crippen LogP contribution in [0.25, 0.3) is 11.3 Å². The summed E-state index contributed by atoms with van der Waals surface area (Å²) in [6.45, 7) is 5.70. The van der Waals surface area contributed by atoms with Gasteiger partial charge in [0.2, 0.25) is 0 Å². The highest BCUT2D eigenvalue weighted by Crippen LogP contribution is 2.22. The highest BCUT2D eigenvalue weighted by Gasteiger charge is 2.09. The van der Waals surface area contributed by atoms with Gasteiger partial charge in [0.15, 0.2) is 0 Å². The molecule has 0 amide bonds. The molecule has 1 heterocycles. The van der Waals surface area contributed by atoms with Crippen LogP contribution in [0.1, 0.15) is 30.4 Å². The minimum Gasteiger partial charge on any atom is -0.346 e. The maximum absolute atomic E-state index is 11.0. The predicted molar refractivity (Wildman–Crippen MR) is 72.5 cm³/mol. The van der Waals surface area contributed by atoms with Crippen molar-refractivity contribution in [2.75, 3.05) is 0 Å². The molecule has 0 bridgehead atoms. The van der Waals surface area contributed by atoms with Gasteiger partial charge in [-0.25, -0.2) is 4.98 Å². The molecule has 2 rings (SSSR count). The second-order valence-corrected chi connectivity index (χ2v) is 4.73. The molecule has 0 saturated carbocycles. The van der Waals surface area contributed by atoms with Gasteiger partial charge in [0.05, 0.1) is 5.69 Å². The lowest BCUT2D eigenvalue weighted by molar-refractivity contribution is -0.117. The molecule has 1 N–H and O–H groups in total. The molecule has 18 heavy (non-hydrogen) atoms. The number of nitrogens with zero attached hydrogens (tertiary/aromatic N) is 1. The van der Waals surface area contributed by atoms with Gasteiger partial charge >= 0.3 is 0 Å². The summed E-state index contributed by atoms with van der Waals surface area (Å²) in [6.07, 6.45) is 1.22. The average Bonchev–Trinajstić information content (AvgIpc) is 2.68. The molecule has 0 aliphatic heterocycles. The Morgan fingerprint density at radius 1 is 1.33 bits per heavy atom. The van der Waals surface area contributed by atoms with E-state index in [1.807, 2.05) is 13.0 Å². The van der Waals surface area contributed by atoms with Gasteiger partial charge in [-0.1, -0.05) is 23.8 Å². The summed E-state index contributed by atoms with van der Waals surface area (Å²) in [4.78, 5) is 18.8. The zero-order chi connectivity index (χ0) is 13.1. The fraction of sp³-hybridized carbons (Fsp3) is 0.333. The van der Waals surface area contributed by atoms with E-state index in [-0.39, 0.29) is 5.78 Å². The van der Waals surface area contributed by atoms with Gasteiger partial charge in [-0.3, -0.25) is 0 Å². The van der Waals surface area contributed by atoms with Gasteiger partial charge in [-0.05, 0) is 26.8 Å². The van der Waals surface area contributed by atoms with Gasteiger partial charge in [-0.15, -0.1) is 0 Å².